The Kier molecular flexibility index (Phi) is 17.4. The lowest BCUT2D eigenvalue weighted by Gasteiger charge is -2.27. The highest BCUT2D eigenvalue weighted by Gasteiger charge is 2.35. The number of aryl methyl sites for hydroxylation is 1. The molecule has 7 rings (SSSR count). The Labute approximate surface area is 391 Å². The van der Waals surface area contributed by atoms with Crippen molar-refractivity contribution < 1.29 is 51.8 Å². The Balaban J connectivity index is 1.37. The summed E-state index contributed by atoms with van der Waals surface area (Å²) in [6, 6.07) is 31.5. The molecule has 2 heterocycles. The highest BCUT2D eigenvalue weighted by molar-refractivity contribution is 5.97. The van der Waals surface area contributed by atoms with Crippen LogP contribution in [0.15, 0.2) is 140 Å². The van der Waals surface area contributed by atoms with E-state index in [9.17, 15) is 51.8 Å². The van der Waals surface area contributed by atoms with Crippen LogP contribution >= 0.6 is 0 Å². The van der Waals surface area contributed by atoms with Crippen LogP contribution < -0.4 is 26.6 Å². The molecule has 5 aromatic carbocycles. The third-order valence-electron chi connectivity index (χ3n) is 11.6. The number of hydrogen-bond donors (Lipinski definition) is 6. The Morgan fingerprint density at radius 2 is 1.13 bits per heavy atom. The van der Waals surface area contributed by atoms with Crippen molar-refractivity contribution >= 4 is 47.0 Å². The van der Waals surface area contributed by atoms with Crippen LogP contribution in [0.3, 0.4) is 0 Å². The highest BCUT2D eigenvalue weighted by Crippen LogP contribution is 2.29. The average Bonchev–Trinajstić information content (AvgIpc) is 3.32. The molecule has 0 aromatic heterocycles. The zero-order valence-electron chi connectivity index (χ0n) is 37.0. The number of anilines is 1. The molecule has 0 saturated heterocycles. The molecule has 0 fully saturated rings. The van der Waals surface area contributed by atoms with Gasteiger partial charge in [-0.3, -0.25) is 28.8 Å². The molecule has 0 unspecified atom stereocenters. The van der Waals surface area contributed by atoms with Gasteiger partial charge < -0.3 is 31.7 Å². The fraction of sp³-hybridized carbons (Fsp3) is 0.288. The summed E-state index contributed by atoms with van der Waals surface area (Å²) in [5.74, 6) is -6.65. The molecule has 5 amide bonds. The monoisotopic (exact) mass is 931 g/mol. The maximum absolute atomic E-state index is 14.7. The average molecular weight is 932 g/mol. The summed E-state index contributed by atoms with van der Waals surface area (Å²) >= 11 is 0. The largest absolute Gasteiger partial charge is 0.480 e. The van der Waals surface area contributed by atoms with Gasteiger partial charge in [-0.15, -0.1) is 0 Å². The molecule has 354 valence electrons. The number of alkyl halides is 3. The molecule has 5 atom stereocenters. The second-order valence-corrected chi connectivity index (χ2v) is 16.8. The van der Waals surface area contributed by atoms with Crippen molar-refractivity contribution in [1.29, 1.82) is 0 Å². The zero-order valence-corrected chi connectivity index (χ0v) is 37.0. The number of carbonyl (C=O) groups is 7. The fourth-order valence-corrected chi connectivity index (χ4v) is 7.85. The molecule has 0 spiro atoms. The molecule has 13 nitrogen and oxygen atoms in total. The van der Waals surface area contributed by atoms with Crippen molar-refractivity contribution in [3.05, 3.63) is 173 Å². The van der Waals surface area contributed by atoms with E-state index in [0.717, 1.165) is 17.7 Å². The normalized spacial score (nSPS) is 19.3. The predicted octanol–water partition coefficient (Wildman–Crippen LogP) is 5.94. The summed E-state index contributed by atoms with van der Waals surface area (Å²) < 4.78 is 40.7. The molecular formula is C52H52F3N5O8. The number of carboxylic acid groups (broad SMARTS) is 1. The number of carbonyl (C=O) groups excluding carboxylic acids is 6. The number of nitrogens with one attached hydrogen (secondary N) is 5. The third-order valence-corrected chi connectivity index (χ3v) is 11.6. The minimum atomic E-state index is -4.65. The molecule has 2 aliphatic rings. The van der Waals surface area contributed by atoms with Crippen LogP contribution in [-0.4, -0.2) is 70.6 Å². The van der Waals surface area contributed by atoms with Crippen LogP contribution in [-0.2, 0) is 71.8 Å². The lowest BCUT2D eigenvalue weighted by molar-refractivity contribution is -0.142. The van der Waals surface area contributed by atoms with E-state index in [1.165, 1.54) is 12.1 Å². The maximum atomic E-state index is 14.7. The van der Waals surface area contributed by atoms with Crippen molar-refractivity contribution in [3.63, 3.8) is 0 Å². The molecule has 0 saturated carbocycles. The Bertz CT molecular complexity index is 2530. The molecule has 6 N–H and O–H groups in total. The number of aliphatic carboxylic acids is 1. The van der Waals surface area contributed by atoms with E-state index >= 15 is 0 Å². The Morgan fingerprint density at radius 1 is 0.603 bits per heavy atom. The standard InChI is InChI=1S/C52H52F3N5O8/c53-52(54,55)39-21-16-37(17-22-39)30-43-50(66)58-42(29-34-12-6-2-7-13-34)45(61)32-38(48(64)60-44(51(67)68)31-35-14-8-3-9-15-35)28-36-18-23-40(24-19-36)56-46(62)26-27-47(63)57-41(49(65)59-43)25-20-33-10-4-1-5-11-33/h1-19,21-24,38,41-44H,20,25-32H2,(H,56,62)(H,57,63)(H,58,66)(H,59,65)(H,60,64)(H,67,68)/t38-,41-,42-,43+,44+/m1/s1. The second kappa shape index (κ2) is 23.7. The third kappa shape index (κ3) is 15.2. The van der Waals surface area contributed by atoms with Crippen LogP contribution in [0.1, 0.15) is 59.1 Å². The van der Waals surface area contributed by atoms with Gasteiger partial charge in [-0.1, -0.05) is 115 Å². The number of Topliss-reactive ketones (excluding diaryl/α,β-unsaturated/α-hetero) is 1. The van der Waals surface area contributed by atoms with E-state index in [2.05, 4.69) is 26.6 Å². The van der Waals surface area contributed by atoms with Crippen LogP contribution in [0.25, 0.3) is 0 Å². The number of benzene rings is 5. The molecule has 2 bridgehead atoms. The van der Waals surface area contributed by atoms with Gasteiger partial charge in [0, 0.05) is 43.7 Å². The van der Waals surface area contributed by atoms with E-state index in [1.807, 2.05) is 18.2 Å². The number of hydrogen-bond acceptors (Lipinski definition) is 7. The SMILES string of the molecule is O=C1CCC(=O)N[C@H](CCc2ccccc2)C(=O)N[C@@H](Cc2ccc(C(F)(F)F)cc2)C(=O)N[C@H](Cc2ccccc2)C(=O)C[C@H](C(=O)N[C@@H](Cc2ccccc2)C(=O)O)Cc2ccc(cc2)N1. The zero-order chi connectivity index (χ0) is 48.6. The minimum absolute atomic E-state index is 0.0517. The first-order chi connectivity index (χ1) is 32.6. The van der Waals surface area contributed by atoms with Gasteiger partial charge in [-0.2, -0.15) is 13.2 Å². The number of halogens is 3. The topological polar surface area (TPSA) is 200 Å². The van der Waals surface area contributed by atoms with Crippen molar-refractivity contribution in [3.8, 4) is 0 Å². The Hall–Kier alpha value is -7.62. The van der Waals surface area contributed by atoms with Gasteiger partial charge in [-0.25, -0.2) is 4.79 Å². The molecule has 16 heteroatoms. The summed E-state index contributed by atoms with van der Waals surface area (Å²) in [6.45, 7) is 0. The van der Waals surface area contributed by atoms with Crippen LogP contribution in [0.2, 0.25) is 0 Å². The van der Waals surface area contributed by atoms with Crippen LogP contribution in [0, 0.1) is 5.92 Å². The van der Waals surface area contributed by atoms with Gasteiger partial charge in [0.1, 0.15) is 18.1 Å². The van der Waals surface area contributed by atoms with Crippen molar-refractivity contribution in [2.45, 2.75) is 88.1 Å². The molecule has 68 heavy (non-hydrogen) atoms. The van der Waals surface area contributed by atoms with Crippen LogP contribution in [0.4, 0.5) is 18.9 Å². The van der Waals surface area contributed by atoms with E-state index < -0.39 is 89.5 Å². The second-order valence-electron chi connectivity index (χ2n) is 16.8. The van der Waals surface area contributed by atoms with Gasteiger partial charge in [0.05, 0.1) is 11.6 Å². The summed E-state index contributed by atoms with van der Waals surface area (Å²) in [5, 5.41) is 23.6. The van der Waals surface area contributed by atoms with E-state index in [1.54, 1.807) is 97.1 Å². The summed E-state index contributed by atoms with van der Waals surface area (Å²) in [5.41, 5.74) is 2.34. The Morgan fingerprint density at radius 3 is 1.74 bits per heavy atom. The first-order valence-corrected chi connectivity index (χ1v) is 22.2. The highest BCUT2D eigenvalue weighted by atomic mass is 19.4. The number of carboxylic acids is 1. The predicted molar refractivity (Wildman–Crippen MR) is 247 cm³/mol. The molecule has 0 aliphatic carbocycles. The van der Waals surface area contributed by atoms with Crippen molar-refractivity contribution in [1.82, 2.24) is 21.3 Å². The van der Waals surface area contributed by atoms with Crippen molar-refractivity contribution in [2.75, 3.05) is 5.32 Å². The van der Waals surface area contributed by atoms with Gasteiger partial charge in [0.25, 0.3) is 0 Å². The minimum Gasteiger partial charge on any atom is -0.480 e. The quantitative estimate of drug-likeness (QED) is 0.0826. The van der Waals surface area contributed by atoms with Gasteiger partial charge in [-0.05, 0) is 77.8 Å². The summed E-state index contributed by atoms with van der Waals surface area (Å²) in [6.07, 6.45) is -5.85. The van der Waals surface area contributed by atoms with E-state index in [0.29, 0.717) is 28.8 Å². The lowest BCUT2D eigenvalue weighted by atomic mass is 9.89. The van der Waals surface area contributed by atoms with E-state index in [-0.39, 0.29) is 50.5 Å². The number of rotatable bonds is 12. The van der Waals surface area contributed by atoms with Gasteiger partial charge in [0.2, 0.25) is 29.5 Å². The lowest BCUT2D eigenvalue weighted by Crippen LogP contribution is -2.57. The first kappa shape index (κ1) is 49.8. The van der Waals surface area contributed by atoms with Crippen LogP contribution in [0.5, 0.6) is 0 Å². The van der Waals surface area contributed by atoms with Crippen molar-refractivity contribution in [2.24, 2.45) is 5.92 Å². The maximum Gasteiger partial charge on any atom is 0.416 e. The molecule has 0 radical (unpaired) electrons. The molecule has 2 aliphatic heterocycles. The van der Waals surface area contributed by atoms with E-state index in [4.69, 9.17) is 0 Å². The first-order valence-electron chi connectivity index (χ1n) is 22.2. The molecule has 5 aromatic rings. The summed E-state index contributed by atoms with van der Waals surface area (Å²) in [4.78, 5) is 96.6. The number of ketones is 1. The van der Waals surface area contributed by atoms with Gasteiger partial charge >= 0.3 is 12.1 Å². The number of fused-ring (bicyclic) bond motifs is 18. The van der Waals surface area contributed by atoms with Gasteiger partial charge in [0.15, 0.2) is 5.78 Å². The fourth-order valence-electron chi connectivity index (χ4n) is 7.85. The summed E-state index contributed by atoms with van der Waals surface area (Å²) in [7, 11) is 0. The number of amides is 5. The smallest absolute Gasteiger partial charge is 0.416 e. The molecular weight excluding hydrogens is 880 g/mol.